The highest BCUT2D eigenvalue weighted by molar-refractivity contribution is 7.89. The summed E-state index contributed by atoms with van der Waals surface area (Å²) >= 11 is 0. The van der Waals surface area contributed by atoms with Gasteiger partial charge in [-0.1, -0.05) is 19.9 Å². The molecule has 0 saturated carbocycles. The predicted molar refractivity (Wildman–Crippen MR) is 104 cm³/mol. The average molecular weight is 382 g/mol. The van der Waals surface area contributed by atoms with Crippen LogP contribution < -0.4 is 10.0 Å². The van der Waals surface area contributed by atoms with Gasteiger partial charge in [-0.2, -0.15) is 0 Å². The molecule has 26 heavy (non-hydrogen) atoms. The summed E-state index contributed by atoms with van der Waals surface area (Å²) in [4.78, 5) is 14.4. The Morgan fingerprint density at radius 1 is 1.08 bits per heavy atom. The quantitative estimate of drug-likeness (QED) is 0.646. The topological polar surface area (TPSA) is 78.5 Å². The molecule has 1 amide bonds. The molecule has 0 fully saturated rings. The summed E-state index contributed by atoms with van der Waals surface area (Å²) in [6.07, 6.45) is 4.38. The molecule has 1 aromatic rings. The molecule has 1 aromatic carbocycles. The zero-order chi connectivity index (χ0) is 19.0. The highest BCUT2D eigenvalue weighted by atomic mass is 32.2. The molecule has 0 unspecified atom stereocenters. The Bertz CT molecular complexity index is 700. The number of aryl methyl sites for hydroxylation is 2. The lowest BCUT2D eigenvalue weighted by Crippen LogP contribution is -2.36. The van der Waals surface area contributed by atoms with E-state index in [4.69, 9.17) is 0 Å². The minimum atomic E-state index is -3.57. The smallest absolute Gasteiger partial charge is 0.240 e. The Balaban J connectivity index is 1.78. The van der Waals surface area contributed by atoms with Crippen LogP contribution in [-0.4, -0.2) is 51.9 Å². The molecule has 0 heterocycles. The lowest BCUT2D eigenvalue weighted by Gasteiger charge is -2.18. The molecule has 0 atom stereocenters. The van der Waals surface area contributed by atoms with Crippen LogP contribution in [0.25, 0.3) is 0 Å². The van der Waals surface area contributed by atoms with Gasteiger partial charge in [-0.05, 0) is 62.0 Å². The first-order valence-electron chi connectivity index (χ1n) is 9.56. The maximum absolute atomic E-state index is 12.4. The van der Waals surface area contributed by atoms with Gasteiger partial charge < -0.3 is 10.2 Å². The number of sulfonamides is 1. The Hall–Kier alpha value is -1.44. The van der Waals surface area contributed by atoms with Gasteiger partial charge in [-0.15, -0.1) is 0 Å². The van der Waals surface area contributed by atoms with Crippen molar-refractivity contribution in [1.82, 2.24) is 14.9 Å². The molecule has 7 heteroatoms. The number of carbonyl (C=O) groups excluding carboxylic acids is 1. The summed E-state index contributed by atoms with van der Waals surface area (Å²) in [6.45, 7) is 7.57. The van der Waals surface area contributed by atoms with E-state index in [0.29, 0.717) is 11.4 Å². The minimum Gasteiger partial charge on any atom is -0.355 e. The van der Waals surface area contributed by atoms with Crippen molar-refractivity contribution in [2.45, 2.75) is 50.8 Å². The number of carbonyl (C=O) groups is 1. The van der Waals surface area contributed by atoms with Crippen LogP contribution in [-0.2, 0) is 27.7 Å². The first-order valence-corrected chi connectivity index (χ1v) is 11.0. The van der Waals surface area contributed by atoms with Crippen LogP contribution in [0.5, 0.6) is 0 Å². The van der Waals surface area contributed by atoms with Gasteiger partial charge in [0.1, 0.15) is 0 Å². The summed E-state index contributed by atoms with van der Waals surface area (Å²) in [5, 5.41) is 2.83. The van der Waals surface area contributed by atoms with Gasteiger partial charge in [-0.3, -0.25) is 4.79 Å². The first kappa shape index (κ1) is 20.9. The molecule has 0 spiro atoms. The maximum atomic E-state index is 12.4. The van der Waals surface area contributed by atoms with Gasteiger partial charge in [-0.25, -0.2) is 13.1 Å². The highest BCUT2D eigenvalue weighted by Gasteiger charge is 2.17. The molecule has 1 aliphatic carbocycles. The third kappa shape index (κ3) is 6.07. The van der Waals surface area contributed by atoms with E-state index >= 15 is 0 Å². The number of nitrogens with zero attached hydrogens (tertiary/aromatic N) is 1. The highest BCUT2D eigenvalue weighted by Crippen LogP contribution is 2.23. The fourth-order valence-corrected chi connectivity index (χ4v) is 4.32. The molecule has 2 rings (SSSR count). The van der Waals surface area contributed by atoms with E-state index in [1.54, 1.807) is 12.1 Å². The summed E-state index contributed by atoms with van der Waals surface area (Å²) < 4.78 is 27.4. The van der Waals surface area contributed by atoms with Crippen molar-refractivity contribution in [2.75, 3.05) is 32.7 Å². The summed E-state index contributed by atoms with van der Waals surface area (Å²) in [5.41, 5.74) is 2.39. The maximum Gasteiger partial charge on any atom is 0.240 e. The van der Waals surface area contributed by atoms with Gasteiger partial charge in [0, 0.05) is 26.1 Å². The van der Waals surface area contributed by atoms with Gasteiger partial charge >= 0.3 is 0 Å². The number of hydrogen-bond donors (Lipinski definition) is 2. The van der Waals surface area contributed by atoms with Crippen LogP contribution in [0.3, 0.4) is 0 Å². The fraction of sp³-hybridized carbons (Fsp3) is 0.632. The van der Waals surface area contributed by atoms with E-state index in [1.165, 1.54) is 12.0 Å². The number of hydrogen-bond acceptors (Lipinski definition) is 4. The fourth-order valence-electron chi connectivity index (χ4n) is 3.24. The molecule has 6 nitrogen and oxygen atoms in total. The zero-order valence-corrected chi connectivity index (χ0v) is 16.7. The van der Waals surface area contributed by atoms with Crippen LogP contribution in [0.15, 0.2) is 23.1 Å². The molecular weight excluding hydrogens is 350 g/mol. The summed E-state index contributed by atoms with van der Waals surface area (Å²) in [7, 11) is -3.57. The summed E-state index contributed by atoms with van der Waals surface area (Å²) in [6, 6.07) is 5.36. The second-order valence-electron chi connectivity index (χ2n) is 6.66. The minimum absolute atomic E-state index is 0.108. The van der Waals surface area contributed by atoms with Gasteiger partial charge in [0.05, 0.1) is 4.90 Å². The first-order chi connectivity index (χ1) is 12.5. The van der Waals surface area contributed by atoms with Gasteiger partial charge in [0.2, 0.25) is 15.9 Å². The molecule has 1 aliphatic rings. The molecule has 0 aliphatic heterocycles. The summed E-state index contributed by atoms with van der Waals surface area (Å²) in [5.74, 6) is -0.134. The predicted octanol–water partition coefficient (Wildman–Crippen LogP) is 1.69. The Morgan fingerprint density at radius 3 is 2.46 bits per heavy atom. The van der Waals surface area contributed by atoms with Crippen molar-refractivity contribution in [2.24, 2.45) is 0 Å². The Morgan fingerprint density at radius 2 is 1.77 bits per heavy atom. The Kier molecular flexibility index (Phi) is 8.06. The number of benzene rings is 1. The van der Waals surface area contributed by atoms with E-state index in [-0.39, 0.29) is 18.9 Å². The monoisotopic (exact) mass is 381 g/mol. The molecule has 0 radical (unpaired) electrons. The van der Waals surface area contributed by atoms with E-state index in [2.05, 4.69) is 28.8 Å². The SMILES string of the molecule is CCN(CC)CCNC(=O)CCNS(=O)(=O)c1ccc2c(c1)CCCC2. The van der Waals surface area contributed by atoms with Crippen molar-refractivity contribution in [3.8, 4) is 0 Å². The zero-order valence-electron chi connectivity index (χ0n) is 15.9. The third-order valence-electron chi connectivity index (χ3n) is 4.92. The standard InChI is InChI=1S/C19H31N3O3S/c1-3-22(4-2)14-13-20-19(23)11-12-21-26(24,25)18-10-9-16-7-5-6-8-17(16)15-18/h9-10,15,21H,3-8,11-14H2,1-2H3,(H,20,23). The average Bonchev–Trinajstić information content (AvgIpc) is 2.64. The van der Waals surface area contributed by atoms with Crippen molar-refractivity contribution < 1.29 is 13.2 Å². The lowest BCUT2D eigenvalue weighted by molar-refractivity contribution is -0.120. The van der Waals surface area contributed by atoms with E-state index in [9.17, 15) is 13.2 Å². The van der Waals surface area contributed by atoms with Gasteiger partial charge in [0.15, 0.2) is 0 Å². The van der Waals surface area contributed by atoms with E-state index in [0.717, 1.165) is 44.5 Å². The van der Waals surface area contributed by atoms with Crippen molar-refractivity contribution in [1.29, 1.82) is 0 Å². The van der Waals surface area contributed by atoms with Crippen molar-refractivity contribution in [3.63, 3.8) is 0 Å². The molecule has 0 saturated heterocycles. The van der Waals surface area contributed by atoms with Crippen molar-refractivity contribution >= 4 is 15.9 Å². The number of nitrogens with one attached hydrogen (secondary N) is 2. The molecule has 0 bridgehead atoms. The molecule has 0 aromatic heterocycles. The number of amides is 1. The second kappa shape index (κ2) is 10.0. The second-order valence-corrected chi connectivity index (χ2v) is 8.43. The van der Waals surface area contributed by atoms with Gasteiger partial charge in [0.25, 0.3) is 0 Å². The largest absolute Gasteiger partial charge is 0.355 e. The molecule has 146 valence electrons. The number of likely N-dealkylation sites (N-methyl/N-ethyl adjacent to an activating group) is 1. The van der Waals surface area contributed by atoms with Crippen LogP contribution in [0.4, 0.5) is 0 Å². The van der Waals surface area contributed by atoms with Crippen LogP contribution in [0.1, 0.15) is 44.2 Å². The molecule has 2 N–H and O–H groups in total. The lowest BCUT2D eigenvalue weighted by atomic mass is 9.92. The van der Waals surface area contributed by atoms with Crippen LogP contribution in [0, 0.1) is 0 Å². The number of rotatable bonds is 10. The molecular formula is C19H31N3O3S. The Labute approximate surface area is 157 Å². The third-order valence-corrected chi connectivity index (χ3v) is 6.38. The van der Waals surface area contributed by atoms with E-state index in [1.807, 2.05) is 6.07 Å². The number of fused-ring (bicyclic) bond motifs is 1. The van der Waals surface area contributed by atoms with Crippen LogP contribution in [0.2, 0.25) is 0 Å². The van der Waals surface area contributed by atoms with Crippen LogP contribution >= 0.6 is 0 Å². The normalized spacial score (nSPS) is 14.3. The van der Waals surface area contributed by atoms with Crippen molar-refractivity contribution in [3.05, 3.63) is 29.3 Å². The van der Waals surface area contributed by atoms with E-state index < -0.39 is 10.0 Å².